The Balaban J connectivity index is 1.17. The summed E-state index contributed by atoms with van der Waals surface area (Å²) in [5.74, 6) is -0.536. The first kappa shape index (κ1) is 25.1. The largest absolute Gasteiger partial charge is 0.487 e. The van der Waals surface area contributed by atoms with Crippen LogP contribution in [0, 0.1) is 6.92 Å². The van der Waals surface area contributed by atoms with Crippen LogP contribution in [0.1, 0.15) is 55.0 Å². The molecule has 7 nitrogen and oxygen atoms in total. The van der Waals surface area contributed by atoms with Crippen molar-refractivity contribution in [2.75, 3.05) is 13.2 Å². The van der Waals surface area contributed by atoms with Crippen LogP contribution in [0.3, 0.4) is 0 Å². The van der Waals surface area contributed by atoms with Gasteiger partial charge in [0.1, 0.15) is 17.4 Å². The van der Waals surface area contributed by atoms with Gasteiger partial charge in [-0.05, 0) is 69.0 Å². The van der Waals surface area contributed by atoms with E-state index >= 15 is 0 Å². The normalized spacial score (nSPS) is 24.2. The second-order valence-corrected chi connectivity index (χ2v) is 11.5. The third-order valence-electron chi connectivity index (χ3n) is 7.38. The third-order valence-corrected chi connectivity index (χ3v) is 8.11. The number of aliphatic carboxylic acids is 1. The molecular weight excluding hydrogens is 478 g/mol. The minimum Gasteiger partial charge on any atom is -0.487 e. The number of aryl methyl sites for hydroxylation is 1. The fourth-order valence-corrected chi connectivity index (χ4v) is 5.70. The SMILES string of the molecule is Cc1ccc([C@@H](C)OC[C@H](O)CNC(C)(C)Cc2ccc3occc3c2)c2c1O[C@H]1[C@@H]2[C@]1(S)C(=O)O. The van der Waals surface area contributed by atoms with Crippen molar-refractivity contribution >= 4 is 29.6 Å². The van der Waals surface area contributed by atoms with Crippen molar-refractivity contribution in [2.45, 2.75) is 68.6 Å². The number of β-amino-alcohol motifs (C(OH)–C–C–N with tert-alkyl or cyclic N) is 1. The van der Waals surface area contributed by atoms with Crippen LogP contribution < -0.4 is 10.1 Å². The molecule has 1 fully saturated rings. The van der Waals surface area contributed by atoms with Crippen LogP contribution >= 0.6 is 12.6 Å². The molecule has 3 aromatic rings. The first-order chi connectivity index (χ1) is 17.0. The van der Waals surface area contributed by atoms with Crippen LogP contribution in [-0.4, -0.2) is 51.8 Å². The number of carbonyl (C=O) groups is 1. The molecule has 8 heteroatoms. The summed E-state index contributed by atoms with van der Waals surface area (Å²) in [6, 6.07) is 12.1. The van der Waals surface area contributed by atoms with E-state index in [4.69, 9.17) is 13.9 Å². The van der Waals surface area contributed by atoms with Gasteiger partial charge in [0.05, 0.1) is 31.0 Å². The second kappa shape index (κ2) is 9.10. The Bertz CT molecular complexity index is 1300. The monoisotopic (exact) mass is 511 g/mol. The van der Waals surface area contributed by atoms with Gasteiger partial charge in [0, 0.05) is 23.0 Å². The van der Waals surface area contributed by atoms with E-state index in [-0.39, 0.29) is 24.2 Å². The van der Waals surface area contributed by atoms with Crippen LogP contribution in [0.5, 0.6) is 5.75 Å². The van der Waals surface area contributed by atoms with E-state index in [0.717, 1.165) is 39.8 Å². The van der Waals surface area contributed by atoms with Crippen molar-refractivity contribution in [3.05, 3.63) is 64.9 Å². The molecule has 2 aromatic carbocycles. The minimum atomic E-state index is -1.20. The molecule has 5 rings (SSSR count). The highest BCUT2D eigenvalue weighted by Gasteiger charge is 2.75. The van der Waals surface area contributed by atoms with Crippen LogP contribution in [0.25, 0.3) is 11.0 Å². The molecule has 0 bridgehead atoms. The molecule has 2 heterocycles. The number of aliphatic hydroxyl groups is 1. The van der Waals surface area contributed by atoms with Gasteiger partial charge in [0.2, 0.25) is 0 Å². The van der Waals surface area contributed by atoms with Crippen molar-refractivity contribution in [3.8, 4) is 5.75 Å². The van der Waals surface area contributed by atoms with E-state index in [1.54, 1.807) is 6.26 Å². The third kappa shape index (κ3) is 4.41. The quantitative estimate of drug-likeness (QED) is 0.299. The van der Waals surface area contributed by atoms with Crippen molar-refractivity contribution in [2.24, 2.45) is 0 Å². The van der Waals surface area contributed by atoms with Gasteiger partial charge in [-0.15, -0.1) is 0 Å². The minimum absolute atomic E-state index is 0.147. The van der Waals surface area contributed by atoms with Gasteiger partial charge in [-0.2, -0.15) is 12.6 Å². The lowest BCUT2D eigenvalue weighted by molar-refractivity contribution is -0.137. The van der Waals surface area contributed by atoms with Gasteiger partial charge >= 0.3 is 5.97 Å². The molecule has 1 aliphatic carbocycles. The first-order valence-corrected chi connectivity index (χ1v) is 12.7. The zero-order valence-electron chi connectivity index (χ0n) is 20.9. The van der Waals surface area contributed by atoms with Crippen LogP contribution in [0.4, 0.5) is 0 Å². The van der Waals surface area contributed by atoms with E-state index in [2.05, 4.69) is 43.9 Å². The maximum atomic E-state index is 11.8. The van der Waals surface area contributed by atoms with E-state index in [9.17, 15) is 15.0 Å². The summed E-state index contributed by atoms with van der Waals surface area (Å²) in [5.41, 5.74) is 4.55. The second-order valence-electron chi connectivity index (χ2n) is 10.7. The van der Waals surface area contributed by atoms with E-state index in [1.807, 2.05) is 38.1 Å². The number of aliphatic hydroxyl groups excluding tert-OH is 1. The van der Waals surface area contributed by atoms with Gasteiger partial charge in [-0.1, -0.05) is 18.2 Å². The summed E-state index contributed by atoms with van der Waals surface area (Å²) in [5, 5.41) is 24.8. The molecule has 1 aliphatic heterocycles. The zero-order valence-corrected chi connectivity index (χ0v) is 21.8. The summed E-state index contributed by atoms with van der Waals surface area (Å²) in [6.07, 6.45) is 0.988. The summed E-state index contributed by atoms with van der Waals surface area (Å²) in [6.45, 7) is 8.61. The Labute approximate surface area is 216 Å². The number of rotatable bonds is 10. The molecule has 0 radical (unpaired) electrons. The lowest BCUT2D eigenvalue weighted by Gasteiger charge is -2.28. The number of benzene rings is 2. The number of fused-ring (bicyclic) bond motifs is 4. The molecular formula is C28H33NO6S. The van der Waals surface area contributed by atoms with Crippen molar-refractivity contribution in [3.63, 3.8) is 0 Å². The number of ether oxygens (including phenoxy) is 2. The van der Waals surface area contributed by atoms with Crippen LogP contribution in [0.2, 0.25) is 0 Å². The molecule has 0 saturated heterocycles. The van der Waals surface area contributed by atoms with Gasteiger partial charge in [-0.3, -0.25) is 4.79 Å². The average molecular weight is 512 g/mol. The Hall–Kier alpha value is -2.52. The molecule has 0 spiro atoms. The Morgan fingerprint density at radius 3 is 2.81 bits per heavy atom. The van der Waals surface area contributed by atoms with E-state index in [1.165, 1.54) is 5.56 Å². The number of carboxylic acids is 1. The number of thiol groups is 1. The highest BCUT2D eigenvalue weighted by molar-refractivity contribution is 7.83. The highest BCUT2D eigenvalue weighted by Crippen LogP contribution is 2.66. The number of nitrogens with one attached hydrogen (secondary N) is 1. The fraction of sp³-hybridized carbons (Fsp3) is 0.464. The molecule has 2 aliphatic rings. The van der Waals surface area contributed by atoms with E-state index in [0.29, 0.717) is 6.54 Å². The number of hydrogen-bond acceptors (Lipinski definition) is 7. The van der Waals surface area contributed by atoms with Crippen molar-refractivity contribution in [1.29, 1.82) is 0 Å². The molecule has 192 valence electrons. The summed E-state index contributed by atoms with van der Waals surface area (Å²) < 4.78 is 16.2. The predicted octanol–water partition coefficient (Wildman–Crippen LogP) is 4.40. The average Bonchev–Trinajstić information content (AvgIpc) is 3.17. The Morgan fingerprint density at radius 2 is 2.06 bits per heavy atom. The topological polar surface area (TPSA) is 101 Å². The Morgan fingerprint density at radius 1 is 1.28 bits per heavy atom. The Kier molecular flexibility index (Phi) is 6.35. The van der Waals surface area contributed by atoms with Crippen molar-refractivity contribution in [1.82, 2.24) is 5.32 Å². The van der Waals surface area contributed by atoms with Gasteiger partial charge in [0.25, 0.3) is 0 Å². The summed E-state index contributed by atoms with van der Waals surface area (Å²) >= 11 is 4.43. The molecule has 36 heavy (non-hydrogen) atoms. The number of furan rings is 1. The number of hydrogen-bond donors (Lipinski definition) is 4. The molecule has 0 amide bonds. The van der Waals surface area contributed by atoms with E-state index < -0.39 is 22.9 Å². The molecule has 1 aromatic heterocycles. The standard InChI is InChI=1S/C28H33NO6S/c1-15-5-7-20(22-23-25(35-24(15)22)28(23,36)26(31)32)16(2)34-14-19(30)13-29-27(3,4)12-17-6-8-21-18(11-17)9-10-33-21/h5-11,16,19,23,25,29-30,36H,12-14H2,1-4H3,(H,31,32)/t16-,19-,23-,25+,28-/m1/s1. The molecule has 3 N–H and O–H groups in total. The lowest BCUT2D eigenvalue weighted by Crippen LogP contribution is -2.46. The molecule has 0 unspecified atom stereocenters. The predicted molar refractivity (Wildman–Crippen MR) is 140 cm³/mol. The summed E-state index contributed by atoms with van der Waals surface area (Å²) in [4.78, 5) is 11.8. The number of carboxylic acid groups (broad SMARTS) is 1. The van der Waals surface area contributed by atoms with Crippen molar-refractivity contribution < 1.29 is 28.9 Å². The molecule has 1 saturated carbocycles. The first-order valence-electron chi connectivity index (χ1n) is 12.3. The maximum absolute atomic E-state index is 11.8. The molecule has 5 atom stereocenters. The highest BCUT2D eigenvalue weighted by atomic mass is 32.1. The lowest BCUT2D eigenvalue weighted by atomic mass is 9.94. The van der Waals surface area contributed by atoms with Crippen LogP contribution in [0.15, 0.2) is 47.1 Å². The van der Waals surface area contributed by atoms with Crippen LogP contribution in [-0.2, 0) is 16.0 Å². The maximum Gasteiger partial charge on any atom is 0.324 e. The fourth-order valence-electron chi connectivity index (χ4n) is 5.31. The van der Waals surface area contributed by atoms with Gasteiger partial charge < -0.3 is 29.4 Å². The smallest absolute Gasteiger partial charge is 0.324 e. The summed E-state index contributed by atoms with van der Waals surface area (Å²) in [7, 11) is 0. The van der Waals surface area contributed by atoms with Gasteiger partial charge in [0.15, 0.2) is 4.75 Å². The van der Waals surface area contributed by atoms with Gasteiger partial charge in [-0.25, -0.2) is 0 Å². The zero-order chi connectivity index (χ0) is 25.8.